The number of nitrogens with zero attached hydrogens (tertiary/aromatic N) is 4. The van der Waals surface area contributed by atoms with E-state index in [-0.39, 0.29) is 5.91 Å². The van der Waals surface area contributed by atoms with E-state index in [1.54, 1.807) is 6.07 Å². The average molecular weight is 400 g/mol. The van der Waals surface area contributed by atoms with Crippen LogP contribution in [0.5, 0.6) is 0 Å². The zero-order chi connectivity index (χ0) is 19.3. The lowest BCUT2D eigenvalue weighted by molar-refractivity contribution is 0.0740. The minimum atomic E-state index is -0.0279. The van der Waals surface area contributed by atoms with E-state index in [2.05, 4.69) is 26.3 Å². The van der Waals surface area contributed by atoms with Crippen LogP contribution in [0.1, 0.15) is 42.6 Å². The van der Waals surface area contributed by atoms with Crippen LogP contribution in [-0.4, -0.2) is 53.0 Å². The number of halogens is 1. The Morgan fingerprint density at radius 3 is 2.57 bits per heavy atom. The Balaban J connectivity index is 1.36. The second-order valence-corrected chi connectivity index (χ2v) is 7.96. The number of aromatic nitrogens is 2. The highest BCUT2D eigenvalue weighted by atomic mass is 35.5. The van der Waals surface area contributed by atoms with Crippen molar-refractivity contribution in [2.24, 2.45) is 0 Å². The first kappa shape index (κ1) is 19.0. The summed E-state index contributed by atoms with van der Waals surface area (Å²) < 4.78 is 0. The Bertz CT molecular complexity index is 816. The molecule has 2 heterocycles. The van der Waals surface area contributed by atoms with E-state index >= 15 is 0 Å². The van der Waals surface area contributed by atoms with Crippen molar-refractivity contribution in [2.75, 3.05) is 36.4 Å². The van der Waals surface area contributed by atoms with Gasteiger partial charge in [-0.05, 0) is 31.0 Å². The fourth-order valence-electron chi connectivity index (χ4n) is 4.01. The highest BCUT2D eigenvalue weighted by Crippen LogP contribution is 2.22. The lowest BCUT2D eigenvalue weighted by Gasteiger charge is -2.36. The minimum Gasteiger partial charge on any atom is -0.368 e. The minimum absolute atomic E-state index is 0.0279. The number of hydrogen-bond donors (Lipinski definition) is 1. The second-order valence-electron chi connectivity index (χ2n) is 7.53. The number of rotatable bonds is 4. The number of anilines is 2. The quantitative estimate of drug-likeness (QED) is 0.846. The van der Waals surface area contributed by atoms with E-state index in [9.17, 15) is 4.79 Å². The zero-order valence-corrected chi connectivity index (χ0v) is 16.7. The number of hydrogen-bond acceptors (Lipinski definition) is 5. The van der Waals surface area contributed by atoms with E-state index < -0.39 is 0 Å². The van der Waals surface area contributed by atoms with Crippen molar-refractivity contribution < 1.29 is 4.79 Å². The Hall–Kier alpha value is -2.34. The first-order chi connectivity index (χ1) is 13.7. The molecule has 1 aliphatic heterocycles. The molecule has 1 aliphatic carbocycles. The smallest absolute Gasteiger partial charge is 0.272 e. The Morgan fingerprint density at radius 2 is 1.82 bits per heavy atom. The topological polar surface area (TPSA) is 61.4 Å². The van der Waals surface area contributed by atoms with Gasteiger partial charge >= 0.3 is 0 Å². The third kappa shape index (κ3) is 4.55. The van der Waals surface area contributed by atoms with E-state index in [4.69, 9.17) is 11.6 Å². The molecule has 6 nitrogen and oxygen atoms in total. The summed E-state index contributed by atoms with van der Waals surface area (Å²) in [6.07, 6.45) is 7.64. The number of carbonyl (C=O) groups excluding carboxylic acids is 1. The Kier molecular flexibility index (Phi) is 5.95. The zero-order valence-electron chi connectivity index (χ0n) is 16.0. The summed E-state index contributed by atoms with van der Waals surface area (Å²) in [5.74, 6) is 0.725. The molecule has 0 radical (unpaired) electrons. The predicted molar refractivity (Wildman–Crippen MR) is 112 cm³/mol. The molecule has 1 amide bonds. The third-order valence-corrected chi connectivity index (χ3v) is 5.82. The normalized spacial score (nSPS) is 18.2. The molecule has 0 bridgehead atoms. The van der Waals surface area contributed by atoms with Crippen molar-refractivity contribution in [3.8, 4) is 0 Å². The molecule has 0 unspecified atom stereocenters. The molecule has 0 spiro atoms. The van der Waals surface area contributed by atoms with Gasteiger partial charge in [-0.3, -0.25) is 4.79 Å². The van der Waals surface area contributed by atoms with Crippen LogP contribution in [0.4, 0.5) is 11.5 Å². The van der Waals surface area contributed by atoms with Gasteiger partial charge in [-0.15, -0.1) is 0 Å². The molecular weight excluding hydrogens is 374 g/mol. The van der Waals surface area contributed by atoms with Gasteiger partial charge in [0, 0.05) is 49.0 Å². The summed E-state index contributed by atoms with van der Waals surface area (Å²) in [5, 5.41) is 4.20. The summed E-state index contributed by atoms with van der Waals surface area (Å²) >= 11 is 6.10. The lowest BCUT2D eigenvalue weighted by Crippen LogP contribution is -2.49. The molecule has 7 heteroatoms. The van der Waals surface area contributed by atoms with Gasteiger partial charge in [0.15, 0.2) is 0 Å². The lowest BCUT2D eigenvalue weighted by atomic mass is 9.95. The van der Waals surface area contributed by atoms with E-state index in [1.165, 1.54) is 38.4 Å². The molecule has 28 heavy (non-hydrogen) atoms. The number of nitrogens with one attached hydrogen (secondary N) is 1. The predicted octanol–water partition coefficient (Wildman–Crippen LogP) is 3.84. The van der Waals surface area contributed by atoms with Gasteiger partial charge in [-0.1, -0.05) is 36.9 Å². The highest BCUT2D eigenvalue weighted by Gasteiger charge is 2.24. The summed E-state index contributed by atoms with van der Waals surface area (Å²) in [5.41, 5.74) is 1.56. The largest absolute Gasteiger partial charge is 0.368 e. The van der Waals surface area contributed by atoms with E-state index in [0.717, 1.165) is 29.6 Å². The number of benzene rings is 1. The molecule has 1 aromatic carbocycles. The van der Waals surface area contributed by atoms with Crippen molar-refractivity contribution in [1.29, 1.82) is 0 Å². The molecule has 1 saturated heterocycles. The third-order valence-electron chi connectivity index (χ3n) is 5.58. The van der Waals surface area contributed by atoms with Gasteiger partial charge in [0.1, 0.15) is 17.8 Å². The van der Waals surface area contributed by atoms with E-state index in [1.807, 2.05) is 23.1 Å². The number of carbonyl (C=O) groups is 1. The molecule has 2 aliphatic rings. The summed E-state index contributed by atoms with van der Waals surface area (Å²) in [7, 11) is 0. The van der Waals surface area contributed by atoms with Gasteiger partial charge in [0.05, 0.1) is 0 Å². The van der Waals surface area contributed by atoms with Gasteiger partial charge in [-0.25, -0.2) is 9.97 Å². The average Bonchev–Trinajstić information content (AvgIpc) is 2.74. The summed E-state index contributed by atoms with van der Waals surface area (Å²) in [6.45, 7) is 2.90. The maximum atomic E-state index is 12.9. The van der Waals surface area contributed by atoms with Gasteiger partial charge < -0.3 is 15.1 Å². The van der Waals surface area contributed by atoms with Crippen LogP contribution in [0.3, 0.4) is 0 Å². The van der Waals surface area contributed by atoms with Crippen molar-refractivity contribution >= 4 is 29.0 Å². The first-order valence-corrected chi connectivity index (χ1v) is 10.5. The maximum absolute atomic E-state index is 12.9. The standard InChI is InChI=1S/C21H26ClN5O/c22-16-5-4-8-18(13-16)26-9-11-27(12-10-26)21(28)19-14-20(24-15-23-19)25-17-6-2-1-3-7-17/h4-5,8,13-15,17H,1-3,6-7,9-12H2,(H,23,24,25). The molecule has 0 atom stereocenters. The van der Waals surface area contributed by atoms with Crippen LogP contribution in [0.15, 0.2) is 36.7 Å². The van der Waals surface area contributed by atoms with Crippen molar-refractivity contribution in [3.63, 3.8) is 0 Å². The van der Waals surface area contributed by atoms with Gasteiger partial charge in [0.2, 0.25) is 0 Å². The molecule has 1 saturated carbocycles. The van der Waals surface area contributed by atoms with Crippen LogP contribution in [0, 0.1) is 0 Å². The number of piperazine rings is 1. The van der Waals surface area contributed by atoms with Crippen molar-refractivity contribution in [2.45, 2.75) is 38.1 Å². The van der Waals surface area contributed by atoms with Crippen LogP contribution >= 0.6 is 11.6 Å². The second kappa shape index (κ2) is 8.78. The van der Waals surface area contributed by atoms with Crippen molar-refractivity contribution in [1.82, 2.24) is 14.9 Å². The molecule has 1 aromatic heterocycles. The molecule has 2 aromatic rings. The molecule has 1 N–H and O–H groups in total. The molecule has 2 fully saturated rings. The molecular formula is C21H26ClN5O. The first-order valence-electron chi connectivity index (χ1n) is 10.1. The summed E-state index contributed by atoms with van der Waals surface area (Å²) in [4.78, 5) is 25.6. The summed E-state index contributed by atoms with van der Waals surface area (Å²) in [6, 6.07) is 10.1. The fourth-order valence-corrected chi connectivity index (χ4v) is 4.20. The van der Waals surface area contributed by atoms with Crippen LogP contribution in [0.25, 0.3) is 0 Å². The fraction of sp³-hybridized carbons (Fsp3) is 0.476. The van der Waals surface area contributed by atoms with Gasteiger partial charge in [-0.2, -0.15) is 0 Å². The van der Waals surface area contributed by atoms with Crippen LogP contribution in [-0.2, 0) is 0 Å². The molecule has 4 rings (SSSR count). The number of amides is 1. The van der Waals surface area contributed by atoms with Crippen LogP contribution in [0.2, 0.25) is 5.02 Å². The maximum Gasteiger partial charge on any atom is 0.272 e. The Labute approximate surface area is 170 Å². The molecule has 148 valence electrons. The Morgan fingerprint density at radius 1 is 1.04 bits per heavy atom. The van der Waals surface area contributed by atoms with Crippen molar-refractivity contribution in [3.05, 3.63) is 47.4 Å². The van der Waals surface area contributed by atoms with Gasteiger partial charge in [0.25, 0.3) is 5.91 Å². The highest BCUT2D eigenvalue weighted by molar-refractivity contribution is 6.30. The van der Waals surface area contributed by atoms with Crippen LogP contribution < -0.4 is 10.2 Å². The SMILES string of the molecule is O=C(c1cc(NC2CCCCC2)ncn1)N1CCN(c2cccc(Cl)c2)CC1. The monoisotopic (exact) mass is 399 g/mol. The van der Waals surface area contributed by atoms with E-state index in [0.29, 0.717) is 24.8 Å².